The lowest BCUT2D eigenvalue weighted by atomic mass is 10.1. The highest BCUT2D eigenvalue weighted by Gasteiger charge is 2.01. The molecule has 0 fully saturated rings. The molecule has 19 heavy (non-hydrogen) atoms. The fourth-order valence-electron chi connectivity index (χ4n) is 2.41. The molecule has 0 aliphatic carbocycles. The van der Waals surface area contributed by atoms with E-state index in [4.69, 9.17) is 0 Å². The van der Waals surface area contributed by atoms with Crippen LogP contribution in [-0.2, 0) is 0 Å². The van der Waals surface area contributed by atoms with E-state index in [0.717, 1.165) is 25.8 Å². The summed E-state index contributed by atoms with van der Waals surface area (Å²) in [7, 11) is 0. The lowest BCUT2D eigenvalue weighted by Crippen LogP contribution is -2.29. The van der Waals surface area contributed by atoms with Crippen LogP contribution in [0.2, 0.25) is 0 Å². The van der Waals surface area contributed by atoms with Gasteiger partial charge in [-0.1, -0.05) is 78.1 Å². The quantitative estimate of drug-likeness (QED) is 0.324. The molecule has 116 valence electrons. The first-order chi connectivity index (χ1) is 9.31. The number of aliphatic hydroxyl groups is 1. The van der Waals surface area contributed by atoms with E-state index in [2.05, 4.69) is 19.2 Å². The summed E-state index contributed by atoms with van der Waals surface area (Å²) in [6.07, 6.45) is 16.8. The highest BCUT2D eigenvalue weighted by atomic mass is 16.3. The molecule has 0 aliphatic rings. The van der Waals surface area contributed by atoms with Crippen molar-refractivity contribution in [2.24, 2.45) is 0 Å². The summed E-state index contributed by atoms with van der Waals surface area (Å²) < 4.78 is 0. The molecule has 1 unspecified atom stereocenters. The first kappa shape index (κ1) is 18.9. The second-order valence-corrected chi connectivity index (χ2v) is 5.79. The summed E-state index contributed by atoms with van der Waals surface area (Å²) in [5, 5.41) is 12.7. The first-order valence-electron chi connectivity index (χ1n) is 8.72. The molecular weight excluding hydrogens is 234 g/mol. The van der Waals surface area contributed by atoms with Crippen LogP contribution >= 0.6 is 0 Å². The number of hydrogen-bond acceptors (Lipinski definition) is 2. The average molecular weight is 271 g/mol. The molecule has 0 amide bonds. The molecule has 0 saturated heterocycles. The van der Waals surface area contributed by atoms with Gasteiger partial charge < -0.3 is 5.11 Å². The molecule has 0 aliphatic heterocycles. The molecular formula is C17H37NO. The van der Waals surface area contributed by atoms with Gasteiger partial charge in [0.15, 0.2) is 0 Å². The summed E-state index contributed by atoms with van der Waals surface area (Å²) >= 11 is 0. The Bertz CT molecular complexity index is 161. The topological polar surface area (TPSA) is 32.3 Å². The van der Waals surface area contributed by atoms with Gasteiger partial charge in [-0.15, -0.1) is 0 Å². The molecule has 0 aromatic heterocycles. The fraction of sp³-hybridized carbons (Fsp3) is 1.00. The number of aliphatic hydroxyl groups excluding tert-OH is 1. The van der Waals surface area contributed by atoms with Gasteiger partial charge in [-0.3, -0.25) is 5.32 Å². The first-order valence-corrected chi connectivity index (χ1v) is 8.72. The maximum absolute atomic E-state index is 9.61. The third-order valence-electron chi connectivity index (χ3n) is 3.71. The monoisotopic (exact) mass is 271 g/mol. The predicted octanol–water partition coefficient (Wildman–Crippen LogP) is 5.01. The van der Waals surface area contributed by atoms with Crippen LogP contribution in [0.5, 0.6) is 0 Å². The van der Waals surface area contributed by atoms with Crippen LogP contribution < -0.4 is 5.32 Å². The van der Waals surface area contributed by atoms with Gasteiger partial charge in [-0.2, -0.15) is 0 Å². The molecule has 0 aromatic rings. The largest absolute Gasteiger partial charge is 0.379 e. The minimum absolute atomic E-state index is 0.279. The van der Waals surface area contributed by atoms with Gasteiger partial charge in [0, 0.05) is 0 Å². The van der Waals surface area contributed by atoms with E-state index in [9.17, 15) is 5.11 Å². The minimum atomic E-state index is -0.279. The molecule has 0 radical (unpaired) electrons. The molecule has 0 bridgehead atoms. The van der Waals surface area contributed by atoms with Crippen LogP contribution in [0.1, 0.15) is 97.3 Å². The fourth-order valence-corrected chi connectivity index (χ4v) is 2.41. The van der Waals surface area contributed by atoms with Crippen LogP contribution in [0.4, 0.5) is 0 Å². The molecule has 0 heterocycles. The summed E-state index contributed by atoms with van der Waals surface area (Å²) in [5.74, 6) is 0. The smallest absolute Gasteiger partial charge is 0.104 e. The van der Waals surface area contributed by atoms with Crippen LogP contribution in [0.15, 0.2) is 0 Å². The van der Waals surface area contributed by atoms with Crippen molar-refractivity contribution in [3.05, 3.63) is 0 Å². The SMILES string of the molecule is CCCCCCCCCCCCCC(O)NCCC. The van der Waals surface area contributed by atoms with Gasteiger partial charge in [0.1, 0.15) is 6.23 Å². The van der Waals surface area contributed by atoms with Crippen LogP contribution in [0.3, 0.4) is 0 Å². The molecule has 0 rings (SSSR count). The maximum Gasteiger partial charge on any atom is 0.104 e. The van der Waals surface area contributed by atoms with Crippen molar-refractivity contribution >= 4 is 0 Å². The second-order valence-electron chi connectivity index (χ2n) is 5.79. The van der Waals surface area contributed by atoms with Crippen LogP contribution in [0, 0.1) is 0 Å². The maximum atomic E-state index is 9.61. The second kappa shape index (κ2) is 16.0. The van der Waals surface area contributed by atoms with Crippen molar-refractivity contribution in [3.8, 4) is 0 Å². The number of nitrogens with one attached hydrogen (secondary N) is 1. The Hall–Kier alpha value is -0.0800. The van der Waals surface area contributed by atoms with Crippen LogP contribution in [0.25, 0.3) is 0 Å². The third-order valence-corrected chi connectivity index (χ3v) is 3.71. The number of unbranched alkanes of at least 4 members (excludes halogenated alkanes) is 10. The highest BCUT2D eigenvalue weighted by Crippen LogP contribution is 2.12. The van der Waals surface area contributed by atoms with Crippen molar-refractivity contribution in [2.75, 3.05) is 6.54 Å². The van der Waals surface area contributed by atoms with Crippen molar-refractivity contribution in [1.29, 1.82) is 0 Å². The van der Waals surface area contributed by atoms with Gasteiger partial charge in [-0.05, 0) is 25.8 Å². The molecule has 0 spiro atoms. The Balaban J connectivity index is 3.02. The standard InChI is InChI=1S/C17H37NO/c1-3-5-6-7-8-9-10-11-12-13-14-15-17(19)18-16-4-2/h17-19H,3-16H2,1-2H3. The van der Waals surface area contributed by atoms with Crippen molar-refractivity contribution in [3.63, 3.8) is 0 Å². The minimum Gasteiger partial charge on any atom is -0.379 e. The Kier molecular flexibility index (Phi) is 15.9. The van der Waals surface area contributed by atoms with Gasteiger partial charge in [0.25, 0.3) is 0 Å². The lowest BCUT2D eigenvalue weighted by Gasteiger charge is -2.11. The van der Waals surface area contributed by atoms with E-state index in [-0.39, 0.29) is 6.23 Å². The summed E-state index contributed by atoms with van der Waals surface area (Å²) in [6.45, 7) is 5.33. The number of rotatable bonds is 15. The van der Waals surface area contributed by atoms with E-state index in [1.54, 1.807) is 0 Å². The van der Waals surface area contributed by atoms with E-state index in [1.807, 2.05) is 0 Å². The molecule has 1 atom stereocenters. The lowest BCUT2D eigenvalue weighted by molar-refractivity contribution is 0.125. The molecule has 2 N–H and O–H groups in total. The van der Waals surface area contributed by atoms with E-state index in [0.29, 0.717) is 0 Å². The van der Waals surface area contributed by atoms with Crippen molar-refractivity contribution in [2.45, 2.75) is 104 Å². The predicted molar refractivity (Wildman–Crippen MR) is 85.4 cm³/mol. The van der Waals surface area contributed by atoms with E-state index < -0.39 is 0 Å². The van der Waals surface area contributed by atoms with Gasteiger partial charge in [-0.25, -0.2) is 0 Å². The van der Waals surface area contributed by atoms with Crippen molar-refractivity contribution < 1.29 is 5.11 Å². The molecule has 0 aromatic carbocycles. The van der Waals surface area contributed by atoms with Crippen molar-refractivity contribution in [1.82, 2.24) is 5.32 Å². The average Bonchev–Trinajstić information content (AvgIpc) is 2.42. The molecule has 2 nitrogen and oxygen atoms in total. The molecule has 2 heteroatoms. The normalized spacial score (nSPS) is 12.8. The summed E-state index contributed by atoms with van der Waals surface area (Å²) in [6, 6.07) is 0. The zero-order valence-electron chi connectivity index (χ0n) is 13.4. The highest BCUT2D eigenvalue weighted by molar-refractivity contribution is 4.54. The van der Waals surface area contributed by atoms with Gasteiger partial charge >= 0.3 is 0 Å². The molecule has 0 saturated carbocycles. The van der Waals surface area contributed by atoms with Gasteiger partial charge in [0.2, 0.25) is 0 Å². The zero-order valence-corrected chi connectivity index (χ0v) is 13.4. The van der Waals surface area contributed by atoms with E-state index >= 15 is 0 Å². The van der Waals surface area contributed by atoms with E-state index in [1.165, 1.54) is 64.2 Å². The Morgan fingerprint density at radius 2 is 1.16 bits per heavy atom. The Morgan fingerprint density at radius 1 is 0.684 bits per heavy atom. The Labute approximate surface area is 121 Å². The summed E-state index contributed by atoms with van der Waals surface area (Å²) in [4.78, 5) is 0. The van der Waals surface area contributed by atoms with Gasteiger partial charge in [0.05, 0.1) is 0 Å². The number of hydrogen-bond donors (Lipinski definition) is 2. The summed E-state index contributed by atoms with van der Waals surface area (Å²) in [5.41, 5.74) is 0. The Morgan fingerprint density at radius 3 is 1.63 bits per heavy atom. The third kappa shape index (κ3) is 15.9. The zero-order chi connectivity index (χ0) is 14.2. The van der Waals surface area contributed by atoms with Crippen LogP contribution in [-0.4, -0.2) is 17.9 Å².